The molecule has 8 nitrogen and oxygen atoms in total. The third-order valence-electron chi connectivity index (χ3n) is 5.63. The van der Waals surface area contributed by atoms with E-state index in [1.165, 1.54) is 11.5 Å². The molecule has 1 aliphatic rings. The summed E-state index contributed by atoms with van der Waals surface area (Å²) in [4.78, 5) is 18.6. The molecule has 4 aromatic rings. The molecule has 0 amide bonds. The topological polar surface area (TPSA) is 86.9 Å². The first-order valence-electron chi connectivity index (χ1n) is 10.5. The van der Waals surface area contributed by atoms with E-state index in [9.17, 15) is 4.79 Å². The normalized spacial score (nSPS) is 14.3. The molecule has 0 radical (unpaired) electrons. The van der Waals surface area contributed by atoms with Gasteiger partial charge in [0.25, 0.3) is 5.56 Å². The molecule has 0 spiro atoms. The van der Waals surface area contributed by atoms with E-state index in [2.05, 4.69) is 14.7 Å². The first-order valence-corrected chi connectivity index (χ1v) is 11.3. The number of ether oxygens (including phenoxy) is 1. The third-order valence-corrected chi connectivity index (χ3v) is 6.55. The predicted octanol–water partition coefficient (Wildman–Crippen LogP) is 4.43. The van der Waals surface area contributed by atoms with Gasteiger partial charge in [-0.1, -0.05) is 0 Å². The van der Waals surface area contributed by atoms with Gasteiger partial charge in [0.05, 0.1) is 36.6 Å². The molecule has 3 aromatic heterocycles. The highest BCUT2D eigenvalue weighted by Crippen LogP contribution is 2.39. The van der Waals surface area contributed by atoms with Crippen LogP contribution in [-0.2, 0) is 0 Å². The summed E-state index contributed by atoms with van der Waals surface area (Å²) in [6.07, 6.45) is 7.65. The molecular formula is C23H24N6O2S. The summed E-state index contributed by atoms with van der Waals surface area (Å²) in [5.74, 6) is 1.10. The van der Waals surface area contributed by atoms with E-state index in [-0.39, 0.29) is 11.6 Å². The van der Waals surface area contributed by atoms with Crippen LogP contribution < -0.4 is 15.6 Å². The molecule has 0 aliphatic heterocycles. The highest BCUT2D eigenvalue weighted by Gasteiger charge is 2.28. The summed E-state index contributed by atoms with van der Waals surface area (Å²) < 4.78 is 13.3. The molecule has 0 saturated heterocycles. The molecule has 1 atom stereocenters. The molecule has 32 heavy (non-hydrogen) atoms. The van der Waals surface area contributed by atoms with E-state index in [1.807, 2.05) is 54.9 Å². The number of nitrogens with one attached hydrogen (secondary N) is 1. The first kappa shape index (κ1) is 20.4. The molecule has 1 fully saturated rings. The van der Waals surface area contributed by atoms with E-state index in [0.29, 0.717) is 17.4 Å². The summed E-state index contributed by atoms with van der Waals surface area (Å²) in [5.41, 5.74) is 3.86. The van der Waals surface area contributed by atoms with Crippen LogP contribution in [0, 0.1) is 6.92 Å². The third kappa shape index (κ3) is 3.91. The molecular weight excluding hydrogens is 424 g/mol. The summed E-state index contributed by atoms with van der Waals surface area (Å²) >= 11 is 1.39. The van der Waals surface area contributed by atoms with Gasteiger partial charge in [-0.05, 0) is 62.5 Å². The van der Waals surface area contributed by atoms with Crippen LogP contribution in [0.2, 0.25) is 0 Å². The second-order valence-electron chi connectivity index (χ2n) is 8.03. The van der Waals surface area contributed by atoms with Gasteiger partial charge in [0.2, 0.25) is 0 Å². The smallest absolute Gasteiger partial charge is 0.291 e. The van der Waals surface area contributed by atoms with Crippen LogP contribution in [0.4, 0.5) is 11.4 Å². The lowest BCUT2D eigenvalue weighted by Crippen LogP contribution is -2.29. The molecule has 0 bridgehead atoms. The van der Waals surface area contributed by atoms with Crippen molar-refractivity contribution in [1.82, 2.24) is 23.7 Å². The number of hydrogen-bond donors (Lipinski definition) is 1. The van der Waals surface area contributed by atoms with Gasteiger partial charge in [-0.3, -0.25) is 4.79 Å². The van der Waals surface area contributed by atoms with E-state index < -0.39 is 0 Å². The molecule has 1 saturated carbocycles. The van der Waals surface area contributed by atoms with E-state index in [4.69, 9.17) is 9.84 Å². The van der Waals surface area contributed by atoms with Crippen molar-refractivity contribution in [2.45, 2.75) is 38.6 Å². The maximum atomic E-state index is 13.3. The lowest BCUT2D eigenvalue weighted by molar-refractivity contribution is 0.413. The minimum atomic E-state index is -0.185. The van der Waals surface area contributed by atoms with Crippen molar-refractivity contribution in [2.24, 2.45) is 0 Å². The van der Waals surface area contributed by atoms with Crippen molar-refractivity contribution in [2.75, 3.05) is 12.4 Å². The molecule has 1 aromatic carbocycles. The minimum Gasteiger partial charge on any atom is -0.494 e. The number of nitrogens with zero attached hydrogens (tertiary/aromatic N) is 5. The zero-order chi connectivity index (χ0) is 22.2. The quantitative estimate of drug-likeness (QED) is 0.450. The van der Waals surface area contributed by atoms with E-state index >= 15 is 0 Å². The number of aromatic nitrogens is 5. The number of anilines is 2. The second kappa shape index (κ2) is 8.23. The van der Waals surface area contributed by atoms with Gasteiger partial charge < -0.3 is 14.6 Å². The van der Waals surface area contributed by atoms with Gasteiger partial charge in [-0.25, -0.2) is 14.0 Å². The van der Waals surface area contributed by atoms with Crippen molar-refractivity contribution >= 4 is 22.9 Å². The summed E-state index contributed by atoms with van der Waals surface area (Å²) in [5, 5.41) is 7.99. The zero-order valence-electron chi connectivity index (χ0n) is 18.1. The van der Waals surface area contributed by atoms with Crippen molar-refractivity contribution in [3.05, 3.63) is 75.7 Å². The van der Waals surface area contributed by atoms with Gasteiger partial charge >= 0.3 is 0 Å². The Morgan fingerprint density at radius 1 is 1.25 bits per heavy atom. The summed E-state index contributed by atoms with van der Waals surface area (Å²) in [7, 11) is 1.63. The molecule has 0 unspecified atom stereocenters. The maximum absolute atomic E-state index is 13.3. The Morgan fingerprint density at radius 2 is 2.09 bits per heavy atom. The van der Waals surface area contributed by atoms with Gasteiger partial charge in [0, 0.05) is 34.9 Å². The Kier molecular flexibility index (Phi) is 5.26. The molecule has 1 aliphatic carbocycles. The Morgan fingerprint density at radius 3 is 2.75 bits per heavy atom. The van der Waals surface area contributed by atoms with Crippen LogP contribution >= 0.6 is 11.5 Å². The fraction of sp³-hybridized carbons (Fsp3) is 0.304. The van der Waals surface area contributed by atoms with Crippen LogP contribution in [0.25, 0.3) is 5.69 Å². The number of benzene rings is 1. The van der Waals surface area contributed by atoms with Gasteiger partial charge in [0.1, 0.15) is 11.4 Å². The molecule has 1 N–H and O–H groups in total. The fourth-order valence-electron chi connectivity index (χ4n) is 3.70. The predicted molar refractivity (Wildman–Crippen MR) is 125 cm³/mol. The highest BCUT2D eigenvalue weighted by atomic mass is 32.1. The van der Waals surface area contributed by atoms with Gasteiger partial charge in [-0.2, -0.15) is 5.10 Å². The van der Waals surface area contributed by atoms with Crippen LogP contribution in [-0.4, -0.2) is 30.8 Å². The second-order valence-corrected chi connectivity index (χ2v) is 8.90. The summed E-state index contributed by atoms with van der Waals surface area (Å²) in [6.45, 7) is 3.92. The van der Waals surface area contributed by atoms with Crippen LogP contribution in [0.1, 0.15) is 48.0 Å². The van der Waals surface area contributed by atoms with Crippen molar-refractivity contribution in [3.63, 3.8) is 0 Å². The lowest BCUT2D eigenvalue weighted by Gasteiger charge is -2.17. The van der Waals surface area contributed by atoms with Gasteiger partial charge in [-0.15, -0.1) is 0 Å². The standard InChI is InChI=1S/C23H24N6O2S/c1-14-12-28(13-24-14)20-7-6-17(10-21(20)31-3)26-19-11-18(16-4-5-16)27-29(23(19)30)15(2)22-8-9-25-32-22/h6-13,15-16,26H,4-5H2,1-3H3/t15-/m0/s1. The summed E-state index contributed by atoms with van der Waals surface area (Å²) in [6, 6.07) is 9.40. The highest BCUT2D eigenvalue weighted by molar-refractivity contribution is 7.05. The van der Waals surface area contributed by atoms with Crippen molar-refractivity contribution in [3.8, 4) is 11.4 Å². The number of aryl methyl sites for hydroxylation is 1. The average molecular weight is 449 g/mol. The Labute approximate surface area is 189 Å². The van der Waals surface area contributed by atoms with Crippen LogP contribution in [0.15, 0.2) is 53.8 Å². The van der Waals surface area contributed by atoms with Crippen molar-refractivity contribution < 1.29 is 4.74 Å². The van der Waals surface area contributed by atoms with Crippen LogP contribution in [0.5, 0.6) is 5.75 Å². The fourth-order valence-corrected chi connectivity index (χ4v) is 4.32. The molecule has 5 rings (SSSR count). The SMILES string of the molecule is COc1cc(Nc2cc(C3CC3)nn([C@@H](C)c3ccns3)c2=O)ccc1-n1cnc(C)c1. The monoisotopic (exact) mass is 448 g/mol. The zero-order valence-corrected chi connectivity index (χ0v) is 19.0. The number of imidazole rings is 1. The lowest BCUT2D eigenvalue weighted by atomic mass is 10.2. The van der Waals surface area contributed by atoms with Gasteiger partial charge in [0.15, 0.2) is 0 Å². The number of hydrogen-bond acceptors (Lipinski definition) is 7. The largest absolute Gasteiger partial charge is 0.494 e. The number of methoxy groups -OCH3 is 1. The van der Waals surface area contributed by atoms with E-state index in [1.54, 1.807) is 24.3 Å². The molecule has 9 heteroatoms. The Balaban J connectivity index is 1.52. The maximum Gasteiger partial charge on any atom is 0.291 e. The molecule has 3 heterocycles. The Hall–Kier alpha value is -3.46. The number of rotatable bonds is 7. The Bertz CT molecular complexity index is 1310. The minimum absolute atomic E-state index is 0.163. The van der Waals surface area contributed by atoms with E-state index in [0.717, 1.165) is 40.5 Å². The molecule has 164 valence electrons. The first-order chi connectivity index (χ1) is 15.5. The average Bonchev–Trinajstić information content (AvgIpc) is 3.32. The van der Waals surface area contributed by atoms with Crippen LogP contribution in [0.3, 0.4) is 0 Å². The van der Waals surface area contributed by atoms with Crippen molar-refractivity contribution in [1.29, 1.82) is 0 Å².